The Morgan fingerprint density at radius 2 is 1.67 bits per heavy atom. The van der Waals surface area contributed by atoms with Crippen molar-refractivity contribution >= 4 is 29.2 Å². The number of esters is 1. The van der Waals surface area contributed by atoms with Gasteiger partial charge in [-0.05, 0) is 74.7 Å². The van der Waals surface area contributed by atoms with Gasteiger partial charge in [0.15, 0.2) is 0 Å². The van der Waals surface area contributed by atoms with Crippen LogP contribution in [0.1, 0.15) is 47.8 Å². The van der Waals surface area contributed by atoms with Crippen LogP contribution in [0.15, 0.2) is 66.7 Å². The van der Waals surface area contributed by atoms with E-state index in [1.165, 1.54) is 0 Å². The Morgan fingerprint density at radius 3 is 2.33 bits per heavy atom. The molecule has 0 spiro atoms. The molecule has 6 heteroatoms. The molecule has 0 radical (unpaired) electrons. The zero-order chi connectivity index (χ0) is 24.0. The van der Waals surface area contributed by atoms with Crippen molar-refractivity contribution in [1.29, 1.82) is 0 Å². The number of aryl methyl sites for hydroxylation is 1. The van der Waals surface area contributed by atoms with Crippen LogP contribution in [0.25, 0.3) is 0 Å². The maximum Gasteiger partial charge on any atom is 0.310 e. The third-order valence-corrected chi connectivity index (χ3v) is 5.07. The van der Waals surface area contributed by atoms with E-state index in [1.54, 1.807) is 24.3 Å². The first-order valence-electron chi connectivity index (χ1n) is 10.7. The maximum atomic E-state index is 12.9. The lowest BCUT2D eigenvalue weighted by Crippen LogP contribution is -2.25. The van der Waals surface area contributed by atoms with Crippen LogP contribution in [0.2, 0.25) is 5.02 Å². The number of ether oxygens (including phenoxy) is 2. The Hall–Kier alpha value is -3.31. The van der Waals surface area contributed by atoms with Crippen molar-refractivity contribution in [2.24, 2.45) is 0 Å². The zero-order valence-electron chi connectivity index (χ0n) is 19.3. The van der Waals surface area contributed by atoms with Crippen LogP contribution < -0.4 is 10.1 Å². The van der Waals surface area contributed by atoms with E-state index in [-0.39, 0.29) is 18.3 Å². The van der Waals surface area contributed by atoms with Gasteiger partial charge in [0.2, 0.25) is 0 Å². The van der Waals surface area contributed by atoms with E-state index < -0.39 is 5.60 Å². The van der Waals surface area contributed by atoms with Gasteiger partial charge < -0.3 is 14.8 Å². The molecule has 3 aromatic rings. The number of anilines is 1. The second-order valence-electron chi connectivity index (χ2n) is 8.78. The predicted molar refractivity (Wildman–Crippen MR) is 131 cm³/mol. The summed E-state index contributed by atoms with van der Waals surface area (Å²) in [6.45, 7) is 7.79. The fourth-order valence-corrected chi connectivity index (χ4v) is 3.40. The molecule has 0 aliphatic heterocycles. The summed E-state index contributed by atoms with van der Waals surface area (Å²) in [6, 6.07) is 20.3. The van der Waals surface area contributed by atoms with Crippen molar-refractivity contribution in [3.63, 3.8) is 0 Å². The molecule has 0 saturated carbocycles. The van der Waals surface area contributed by atoms with Crippen LogP contribution in [-0.2, 0) is 22.6 Å². The van der Waals surface area contributed by atoms with E-state index >= 15 is 0 Å². The fourth-order valence-electron chi connectivity index (χ4n) is 3.20. The van der Waals surface area contributed by atoms with Gasteiger partial charge >= 0.3 is 5.97 Å². The number of hydrogen-bond acceptors (Lipinski definition) is 4. The molecule has 0 fully saturated rings. The summed E-state index contributed by atoms with van der Waals surface area (Å²) in [7, 11) is 0. The molecule has 0 aliphatic carbocycles. The van der Waals surface area contributed by atoms with E-state index in [0.29, 0.717) is 34.2 Å². The first-order valence-corrected chi connectivity index (χ1v) is 11.1. The van der Waals surface area contributed by atoms with Gasteiger partial charge in [-0.15, -0.1) is 0 Å². The second kappa shape index (κ2) is 10.5. The summed E-state index contributed by atoms with van der Waals surface area (Å²) in [6.07, 6.45) is 0.0567. The number of nitrogens with one attached hydrogen (secondary N) is 1. The van der Waals surface area contributed by atoms with Crippen molar-refractivity contribution in [3.8, 4) is 5.75 Å². The number of rotatable bonds is 7. The molecule has 1 amide bonds. The van der Waals surface area contributed by atoms with Gasteiger partial charge in [0, 0.05) is 5.69 Å². The summed E-state index contributed by atoms with van der Waals surface area (Å²) in [5.41, 5.74) is 2.96. The molecular formula is C27H28ClNO4. The summed E-state index contributed by atoms with van der Waals surface area (Å²) < 4.78 is 11.2. The van der Waals surface area contributed by atoms with Crippen LogP contribution in [0.5, 0.6) is 5.75 Å². The van der Waals surface area contributed by atoms with Crippen molar-refractivity contribution < 1.29 is 19.1 Å². The third-order valence-electron chi connectivity index (χ3n) is 4.74. The SMILES string of the molecule is Cc1cc(OCc2ccccc2)ccc1NC(=O)c1cc(CC(=O)OC(C)(C)C)ccc1Cl. The number of carbonyl (C=O) groups excluding carboxylic acids is 2. The van der Waals surface area contributed by atoms with E-state index in [1.807, 2.05) is 70.2 Å². The minimum absolute atomic E-state index is 0.0567. The molecule has 0 unspecified atom stereocenters. The first kappa shape index (κ1) is 24.3. The Kier molecular flexibility index (Phi) is 7.77. The molecule has 0 heterocycles. The highest BCUT2D eigenvalue weighted by Crippen LogP contribution is 2.25. The minimum Gasteiger partial charge on any atom is -0.489 e. The van der Waals surface area contributed by atoms with Crippen molar-refractivity contribution in [1.82, 2.24) is 0 Å². The molecule has 0 aromatic heterocycles. The lowest BCUT2D eigenvalue weighted by atomic mass is 10.1. The van der Waals surface area contributed by atoms with Gasteiger partial charge in [0.05, 0.1) is 17.0 Å². The molecule has 3 aromatic carbocycles. The third kappa shape index (κ3) is 7.36. The van der Waals surface area contributed by atoms with Crippen molar-refractivity contribution in [3.05, 3.63) is 94.0 Å². The topological polar surface area (TPSA) is 64.6 Å². The van der Waals surface area contributed by atoms with Crippen molar-refractivity contribution in [2.75, 3.05) is 5.32 Å². The number of benzene rings is 3. The molecule has 172 valence electrons. The monoisotopic (exact) mass is 465 g/mol. The van der Waals surface area contributed by atoms with E-state index in [4.69, 9.17) is 21.1 Å². The number of carbonyl (C=O) groups is 2. The maximum absolute atomic E-state index is 12.9. The molecule has 0 aliphatic rings. The largest absolute Gasteiger partial charge is 0.489 e. The standard InChI is InChI=1S/C27H28ClNO4/c1-18-14-21(32-17-19-8-6-5-7-9-19)11-13-24(18)29-26(31)22-15-20(10-12-23(22)28)16-25(30)33-27(2,3)4/h5-15H,16-17H2,1-4H3,(H,29,31). The van der Waals surface area contributed by atoms with Crippen LogP contribution in [0.3, 0.4) is 0 Å². The van der Waals surface area contributed by atoms with Gasteiger partial charge in [-0.2, -0.15) is 0 Å². The predicted octanol–water partition coefficient (Wildman–Crippen LogP) is 6.36. The molecule has 3 rings (SSSR count). The van der Waals surface area contributed by atoms with Gasteiger partial charge in [-0.1, -0.05) is 48.0 Å². The molecule has 5 nitrogen and oxygen atoms in total. The average Bonchev–Trinajstić information content (AvgIpc) is 2.74. The quantitative estimate of drug-likeness (QED) is 0.412. The highest BCUT2D eigenvalue weighted by molar-refractivity contribution is 6.34. The smallest absolute Gasteiger partial charge is 0.310 e. The van der Waals surface area contributed by atoms with Gasteiger partial charge in [0.25, 0.3) is 5.91 Å². The van der Waals surface area contributed by atoms with Crippen LogP contribution in [0.4, 0.5) is 5.69 Å². The van der Waals surface area contributed by atoms with Crippen LogP contribution >= 0.6 is 11.6 Å². The lowest BCUT2D eigenvalue weighted by Gasteiger charge is -2.19. The first-order chi connectivity index (χ1) is 15.6. The Bertz CT molecular complexity index is 1140. The molecule has 0 bridgehead atoms. The van der Waals surface area contributed by atoms with Gasteiger partial charge in [-0.3, -0.25) is 9.59 Å². The summed E-state index contributed by atoms with van der Waals surface area (Å²) >= 11 is 6.27. The summed E-state index contributed by atoms with van der Waals surface area (Å²) in [4.78, 5) is 25.0. The second-order valence-corrected chi connectivity index (χ2v) is 9.19. The fraction of sp³-hybridized carbons (Fsp3) is 0.259. The molecule has 0 atom stereocenters. The number of amides is 1. The van der Waals surface area contributed by atoms with Gasteiger partial charge in [-0.25, -0.2) is 0 Å². The van der Waals surface area contributed by atoms with Crippen LogP contribution in [0, 0.1) is 6.92 Å². The summed E-state index contributed by atoms with van der Waals surface area (Å²) in [5, 5.41) is 3.20. The lowest BCUT2D eigenvalue weighted by molar-refractivity contribution is -0.153. The Morgan fingerprint density at radius 1 is 0.939 bits per heavy atom. The molecule has 0 saturated heterocycles. The Labute approximate surface area is 199 Å². The highest BCUT2D eigenvalue weighted by atomic mass is 35.5. The highest BCUT2D eigenvalue weighted by Gasteiger charge is 2.18. The Balaban J connectivity index is 1.67. The average molecular weight is 466 g/mol. The van der Waals surface area contributed by atoms with E-state index in [0.717, 1.165) is 11.1 Å². The van der Waals surface area contributed by atoms with E-state index in [9.17, 15) is 9.59 Å². The molecule has 33 heavy (non-hydrogen) atoms. The normalized spacial score (nSPS) is 11.1. The number of hydrogen-bond donors (Lipinski definition) is 1. The van der Waals surface area contributed by atoms with Crippen molar-refractivity contribution in [2.45, 2.75) is 46.3 Å². The zero-order valence-corrected chi connectivity index (χ0v) is 20.0. The minimum atomic E-state index is -0.571. The molecule has 1 N–H and O–H groups in total. The molecular weight excluding hydrogens is 438 g/mol. The van der Waals surface area contributed by atoms with Crippen LogP contribution in [-0.4, -0.2) is 17.5 Å². The van der Waals surface area contributed by atoms with E-state index in [2.05, 4.69) is 5.32 Å². The van der Waals surface area contributed by atoms with Gasteiger partial charge in [0.1, 0.15) is 18.0 Å². The summed E-state index contributed by atoms with van der Waals surface area (Å²) in [5.74, 6) is -0.00282. The number of halogens is 1.